The fourth-order valence-electron chi connectivity index (χ4n) is 3.31. The van der Waals surface area contributed by atoms with Crippen molar-refractivity contribution >= 4 is 5.97 Å². The van der Waals surface area contributed by atoms with Crippen LogP contribution in [0.15, 0.2) is 0 Å². The molecule has 0 aromatic heterocycles. The lowest BCUT2D eigenvalue weighted by molar-refractivity contribution is -0.137. The highest BCUT2D eigenvalue weighted by Crippen LogP contribution is 2.45. The van der Waals surface area contributed by atoms with Crippen molar-refractivity contribution in [3.05, 3.63) is 0 Å². The monoisotopic (exact) mass is 282 g/mol. The minimum atomic E-state index is -0.651. The van der Waals surface area contributed by atoms with E-state index in [0.717, 1.165) is 24.7 Å². The molecule has 1 aliphatic rings. The Balaban J connectivity index is 1.70. The number of carboxylic acid groups (broad SMARTS) is 1. The van der Waals surface area contributed by atoms with Gasteiger partial charge in [0.15, 0.2) is 0 Å². The molecular weight excluding hydrogens is 248 g/mol. The third-order valence-corrected chi connectivity index (χ3v) is 4.69. The maximum Gasteiger partial charge on any atom is 0.303 e. The first-order chi connectivity index (χ1) is 9.74. The van der Waals surface area contributed by atoms with E-state index in [0.29, 0.717) is 6.42 Å². The molecule has 118 valence electrons. The van der Waals surface area contributed by atoms with Crippen LogP contribution in [0.4, 0.5) is 0 Å². The van der Waals surface area contributed by atoms with Crippen molar-refractivity contribution in [3.8, 4) is 0 Å². The molecule has 1 fully saturated rings. The van der Waals surface area contributed by atoms with Crippen LogP contribution in [0.25, 0.3) is 0 Å². The Kier molecular flexibility index (Phi) is 9.78. The van der Waals surface area contributed by atoms with Gasteiger partial charge in [-0.15, -0.1) is 0 Å². The molecular formula is C18H34O2. The zero-order valence-electron chi connectivity index (χ0n) is 13.4. The summed E-state index contributed by atoms with van der Waals surface area (Å²) in [6.45, 7) is 2.30. The Hall–Kier alpha value is -0.530. The molecule has 0 aromatic carbocycles. The van der Waals surface area contributed by atoms with E-state index in [9.17, 15) is 4.79 Å². The number of unbranched alkanes of at least 4 members (excludes halogenated alkanes) is 8. The first-order valence-electron chi connectivity index (χ1n) is 8.95. The fourth-order valence-corrected chi connectivity index (χ4v) is 3.31. The van der Waals surface area contributed by atoms with Gasteiger partial charge in [-0.25, -0.2) is 0 Å². The van der Waals surface area contributed by atoms with Gasteiger partial charge in [-0.1, -0.05) is 77.6 Å². The van der Waals surface area contributed by atoms with E-state index in [1.54, 1.807) is 0 Å². The van der Waals surface area contributed by atoms with Gasteiger partial charge in [0, 0.05) is 6.42 Å². The topological polar surface area (TPSA) is 37.3 Å². The van der Waals surface area contributed by atoms with E-state index in [2.05, 4.69) is 6.92 Å². The Morgan fingerprint density at radius 2 is 1.35 bits per heavy atom. The zero-order chi connectivity index (χ0) is 14.6. The van der Waals surface area contributed by atoms with Crippen molar-refractivity contribution in [3.63, 3.8) is 0 Å². The molecule has 0 spiro atoms. The van der Waals surface area contributed by atoms with Crippen molar-refractivity contribution in [1.29, 1.82) is 0 Å². The highest BCUT2D eigenvalue weighted by molar-refractivity contribution is 5.66. The van der Waals surface area contributed by atoms with E-state index < -0.39 is 5.97 Å². The second-order valence-corrected chi connectivity index (χ2v) is 6.66. The summed E-state index contributed by atoms with van der Waals surface area (Å²) < 4.78 is 0. The maximum atomic E-state index is 10.3. The van der Waals surface area contributed by atoms with Crippen molar-refractivity contribution < 1.29 is 9.90 Å². The molecule has 2 heteroatoms. The van der Waals surface area contributed by atoms with Gasteiger partial charge in [0.25, 0.3) is 0 Å². The van der Waals surface area contributed by atoms with E-state index in [1.165, 1.54) is 70.6 Å². The van der Waals surface area contributed by atoms with E-state index in [1.807, 2.05) is 0 Å². The van der Waals surface area contributed by atoms with Crippen LogP contribution < -0.4 is 0 Å². The lowest BCUT2D eigenvalue weighted by Crippen LogP contribution is -1.93. The number of carbonyl (C=O) groups is 1. The van der Waals surface area contributed by atoms with E-state index in [-0.39, 0.29) is 0 Å². The zero-order valence-corrected chi connectivity index (χ0v) is 13.4. The molecule has 2 atom stereocenters. The first-order valence-corrected chi connectivity index (χ1v) is 8.95. The average molecular weight is 282 g/mol. The predicted octanol–water partition coefficient (Wildman–Crippen LogP) is 5.80. The summed E-state index contributed by atoms with van der Waals surface area (Å²) in [5.74, 6) is 1.52. The molecule has 1 N–H and O–H groups in total. The molecule has 0 bridgehead atoms. The fraction of sp³-hybridized carbons (Fsp3) is 0.944. The van der Waals surface area contributed by atoms with Gasteiger partial charge in [0.1, 0.15) is 0 Å². The lowest BCUT2D eigenvalue weighted by Gasteiger charge is -2.02. The number of aliphatic carboxylic acids is 1. The number of hydrogen-bond acceptors (Lipinski definition) is 1. The molecule has 1 aliphatic carbocycles. The summed E-state index contributed by atoms with van der Waals surface area (Å²) in [5, 5.41) is 8.53. The van der Waals surface area contributed by atoms with Gasteiger partial charge in [0.2, 0.25) is 0 Å². The SMILES string of the molecule is CCC[C@H]1C[C@H]1CCCCCCCCCCCC(=O)O. The van der Waals surface area contributed by atoms with Crippen LogP contribution >= 0.6 is 0 Å². The Morgan fingerprint density at radius 1 is 0.850 bits per heavy atom. The Bertz CT molecular complexity index is 250. The molecule has 0 radical (unpaired) electrons. The van der Waals surface area contributed by atoms with Crippen LogP contribution in [0.5, 0.6) is 0 Å². The van der Waals surface area contributed by atoms with Crippen molar-refractivity contribution in [2.24, 2.45) is 11.8 Å². The Morgan fingerprint density at radius 3 is 1.90 bits per heavy atom. The summed E-state index contributed by atoms with van der Waals surface area (Å²) in [7, 11) is 0. The van der Waals surface area contributed by atoms with Gasteiger partial charge < -0.3 is 5.11 Å². The van der Waals surface area contributed by atoms with E-state index in [4.69, 9.17) is 5.11 Å². The number of carboxylic acids is 1. The summed E-state index contributed by atoms with van der Waals surface area (Å²) in [4.78, 5) is 10.3. The minimum absolute atomic E-state index is 0.347. The van der Waals surface area contributed by atoms with Crippen LogP contribution in [0.2, 0.25) is 0 Å². The third kappa shape index (κ3) is 9.39. The molecule has 2 nitrogen and oxygen atoms in total. The van der Waals surface area contributed by atoms with Crippen molar-refractivity contribution in [1.82, 2.24) is 0 Å². The molecule has 0 amide bonds. The highest BCUT2D eigenvalue weighted by atomic mass is 16.4. The smallest absolute Gasteiger partial charge is 0.303 e. The van der Waals surface area contributed by atoms with Crippen LogP contribution in [-0.2, 0) is 4.79 Å². The number of hydrogen-bond donors (Lipinski definition) is 1. The molecule has 20 heavy (non-hydrogen) atoms. The summed E-state index contributed by atoms with van der Waals surface area (Å²) in [5.41, 5.74) is 0. The van der Waals surface area contributed by atoms with Crippen LogP contribution in [0.3, 0.4) is 0 Å². The molecule has 1 saturated carbocycles. The molecule has 0 heterocycles. The molecule has 0 aromatic rings. The summed E-state index contributed by atoms with van der Waals surface area (Å²) >= 11 is 0. The normalized spacial score (nSPS) is 21.1. The third-order valence-electron chi connectivity index (χ3n) is 4.69. The minimum Gasteiger partial charge on any atom is -0.481 e. The first kappa shape index (κ1) is 17.5. The quantitative estimate of drug-likeness (QED) is 0.409. The number of rotatable bonds is 14. The van der Waals surface area contributed by atoms with Gasteiger partial charge in [-0.2, -0.15) is 0 Å². The van der Waals surface area contributed by atoms with Crippen LogP contribution in [-0.4, -0.2) is 11.1 Å². The Labute approximate surface area is 125 Å². The largest absolute Gasteiger partial charge is 0.481 e. The van der Waals surface area contributed by atoms with Gasteiger partial charge >= 0.3 is 5.97 Å². The maximum absolute atomic E-state index is 10.3. The summed E-state index contributed by atoms with van der Waals surface area (Å²) in [6.07, 6.45) is 17.6. The molecule has 0 unspecified atom stereocenters. The molecule has 1 rings (SSSR count). The van der Waals surface area contributed by atoms with Crippen molar-refractivity contribution in [2.75, 3.05) is 0 Å². The predicted molar refractivity (Wildman–Crippen MR) is 84.9 cm³/mol. The second-order valence-electron chi connectivity index (χ2n) is 6.66. The second kappa shape index (κ2) is 11.2. The summed E-state index contributed by atoms with van der Waals surface area (Å²) in [6, 6.07) is 0. The van der Waals surface area contributed by atoms with E-state index >= 15 is 0 Å². The van der Waals surface area contributed by atoms with Crippen LogP contribution in [0, 0.1) is 11.8 Å². The van der Waals surface area contributed by atoms with Crippen molar-refractivity contribution in [2.45, 2.75) is 96.8 Å². The highest BCUT2D eigenvalue weighted by Gasteiger charge is 2.34. The lowest BCUT2D eigenvalue weighted by atomic mass is 10.0. The molecule has 0 saturated heterocycles. The standard InChI is InChI=1S/C18H34O2/c1-2-12-16-15-17(16)13-10-8-6-4-3-5-7-9-11-14-18(19)20/h16-17H,2-15H2,1H3,(H,19,20)/t16-,17+/m0/s1. The average Bonchev–Trinajstić information content (AvgIpc) is 3.14. The van der Waals surface area contributed by atoms with Gasteiger partial charge in [-0.05, 0) is 24.7 Å². The van der Waals surface area contributed by atoms with Gasteiger partial charge in [-0.3, -0.25) is 4.79 Å². The van der Waals surface area contributed by atoms with Crippen LogP contribution in [0.1, 0.15) is 96.8 Å². The molecule has 0 aliphatic heterocycles. The van der Waals surface area contributed by atoms with Gasteiger partial charge in [0.05, 0.1) is 0 Å².